The van der Waals surface area contributed by atoms with Crippen LogP contribution in [0.3, 0.4) is 0 Å². The van der Waals surface area contributed by atoms with E-state index in [2.05, 4.69) is 20.8 Å². The summed E-state index contributed by atoms with van der Waals surface area (Å²) in [5, 5.41) is 0. The fourth-order valence-electron chi connectivity index (χ4n) is 5.19. The van der Waals surface area contributed by atoms with Crippen molar-refractivity contribution < 1.29 is 17.9 Å². The highest BCUT2D eigenvalue weighted by atomic mass is 32.2. The van der Waals surface area contributed by atoms with Crippen molar-refractivity contribution in [3.63, 3.8) is 0 Å². The first-order valence-corrected chi connectivity index (χ1v) is 13.9. The molecule has 192 valence electrons. The van der Waals surface area contributed by atoms with Gasteiger partial charge in [-0.15, -0.1) is 0 Å². The molecule has 1 atom stereocenters. The van der Waals surface area contributed by atoms with Crippen LogP contribution in [0.2, 0.25) is 0 Å². The number of fused-ring (bicyclic) bond motifs is 6. The van der Waals surface area contributed by atoms with Gasteiger partial charge < -0.3 is 9.64 Å². The molecule has 0 aliphatic carbocycles. The lowest BCUT2D eigenvalue weighted by molar-refractivity contribution is 0.0562. The van der Waals surface area contributed by atoms with E-state index in [0.717, 1.165) is 27.8 Å². The topological polar surface area (TPSA) is 101 Å². The SMILES string of the molecule is Cc1cccc(C)c1-c1cc2nc(n1)NS(=O)(=O)c1cccc(c1)C(=O)N1Cc3ccccc3C[C@H]1CO2. The molecule has 1 aromatic heterocycles. The van der Waals surface area contributed by atoms with Crippen LogP contribution in [0.1, 0.15) is 32.6 Å². The maximum absolute atomic E-state index is 13.7. The minimum absolute atomic E-state index is 0.0416. The average molecular weight is 527 g/mol. The maximum atomic E-state index is 13.7. The van der Waals surface area contributed by atoms with Gasteiger partial charge in [0.2, 0.25) is 11.8 Å². The lowest BCUT2D eigenvalue weighted by atomic mass is 9.93. The zero-order valence-electron chi connectivity index (χ0n) is 21.0. The highest BCUT2D eigenvalue weighted by molar-refractivity contribution is 7.92. The molecule has 9 heteroatoms. The monoisotopic (exact) mass is 526 g/mol. The van der Waals surface area contributed by atoms with Crippen molar-refractivity contribution in [1.82, 2.24) is 14.9 Å². The van der Waals surface area contributed by atoms with Gasteiger partial charge in [0.25, 0.3) is 15.9 Å². The maximum Gasteiger partial charge on any atom is 0.264 e. The largest absolute Gasteiger partial charge is 0.475 e. The summed E-state index contributed by atoms with van der Waals surface area (Å²) in [5.41, 5.74) is 5.94. The van der Waals surface area contributed by atoms with Crippen LogP contribution in [0.25, 0.3) is 11.3 Å². The van der Waals surface area contributed by atoms with E-state index in [4.69, 9.17) is 4.74 Å². The van der Waals surface area contributed by atoms with E-state index in [1.54, 1.807) is 23.1 Å². The summed E-state index contributed by atoms with van der Waals surface area (Å²) in [6.45, 7) is 4.55. The highest BCUT2D eigenvalue weighted by Crippen LogP contribution is 2.31. The van der Waals surface area contributed by atoms with Crippen molar-refractivity contribution in [1.29, 1.82) is 0 Å². The van der Waals surface area contributed by atoms with Crippen molar-refractivity contribution in [2.75, 3.05) is 11.3 Å². The molecule has 6 rings (SSSR count). The van der Waals surface area contributed by atoms with Crippen LogP contribution >= 0.6 is 0 Å². The van der Waals surface area contributed by atoms with E-state index in [0.29, 0.717) is 24.2 Å². The van der Waals surface area contributed by atoms with E-state index in [1.807, 2.05) is 50.2 Å². The smallest absolute Gasteiger partial charge is 0.264 e. The third-order valence-corrected chi connectivity index (χ3v) is 8.42. The molecule has 4 bridgehead atoms. The first-order valence-electron chi connectivity index (χ1n) is 12.4. The predicted octanol–water partition coefficient (Wildman–Crippen LogP) is 4.52. The number of ether oxygens (including phenoxy) is 1. The van der Waals surface area contributed by atoms with E-state index in [-0.39, 0.29) is 35.3 Å². The summed E-state index contributed by atoms with van der Waals surface area (Å²) < 4.78 is 35.4. The Bertz CT molecular complexity index is 1670. The Morgan fingerprint density at radius 3 is 2.45 bits per heavy atom. The average Bonchev–Trinajstić information content (AvgIpc) is 2.90. The summed E-state index contributed by atoms with van der Waals surface area (Å²) in [6.07, 6.45) is 0.611. The Balaban J connectivity index is 1.50. The normalized spacial score (nSPS) is 18.0. The molecule has 38 heavy (non-hydrogen) atoms. The second-order valence-corrected chi connectivity index (χ2v) is 11.4. The highest BCUT2D eigenvalue weighted by Gasteiger charge is 2.32. The fraction of sp³-hybridized carbons (Fsp3) is 0.207. The minimum atomic E-state index is -4.08. The molecule has 8 nitrogen and oxygen atoms in total. The Morgan fingerprint density at radius 1 is 0.921 bits per heavy atom. The second kappa shape index (κ2) is 9.25. The molecule has 0 radical (unpaired) electrons. The minimum Gasteiger partial charge on any atom is -0.475 e. The second-order valence-electron chi connectivity index (χ2n) is 9.69. The molecular formula is C29H26N4O4S. The quantitative estimate of drug-likeness (QED) is 0.391. The Kier molecular flexibility index (Phi) is 5.87. The number of rotatable bonds is 1. The predicted molar refractivity (Wildman–Crippen MR) is 143 cm³/mol. The molecule has 3 aromatic carbocycles. The van der Waals surface area contributed by atoms with Crippen LogP contribution in [-0.2, 0) is 23.0 Å². The Labute approximate surface area is 221 Å². The summed E-state index contributed by atoms with van der Waals surface area (Å²) in [7, 11) is -4.08. The Hall–Kier alpha value is -4.24. The van der Waals surface area contributed by atoms with E-state index >= 15 is 0 Å². The van der Waals surface area contributed by atoms with Crippen molar-refractivity contribution in [3.8, 4) is 17.1 Å². The molecule has 4 aromatic rings. The van der Waals surface area contributed by atoms with Crippen LogP contribution in [0.4, 0.5) is 5.95 Å². The zero-order chi connectivity index (χ0) is 26.4. The number of nitrogens with zero attached hydrogens (tertiary/aromatic N) is 3. The van der Waals surface area contributed by atoms with Gasteiger partial charge in [-0.3, -0.25) is 4.79 Å². The Morgan fingerprint density at radius 2 is 1.66 bits per heavy atom. The number of carbonyl (C=O) groups excluding carboxylic acids is 1. The van der Waals surface area contributed by atoms with Crippen molar-refractivity contribution in [2.45, 2.75) is 37.8 Å². The van der Waals surface area contributed by atoms with Gasteiger partial charge in [-0.2, -0.15) is 4.98 Å². The molecule has 1 amide bonds. The molecule has 0 saturated carbocycles. The summed E-state index contributed by atoms with van der Waals surface area (Å²) >= 11 is 0. The van der Waals surface area contributed by atoms with Gasteiger partial charge in [0.15, 0.2) is 0 Å². The van der Waals surface area contributed by atoms with Crippen LogP contribution in [0, 0.1) is 13.8 Å². The third-order valence-electron chi connectivity index (χ3n) is 7.10. The summed E-state index contributed by atoms with van der Waals surface area (Å²) in [6, 6.07) is 21.5. The van der Waals surface area contributed by atoms with Gasteiger partial charge in [-0.25, -0.2) is 18.1 Å². The molecule has 0 fully saturated rings. The first-order chi connectivity index (χ1) is 18.3. The summed E-state index contributed by atoms with van der Waals surface area (Å²) in [5.74, 6) is -0.118. The molecule has 0 spiro atoms. The number of aromatic nitrogens is 2. The van der Waals surface area contributed by atoms with Gasteiger partial charge >= 0.3 is 0 Å². The number of benzene rings is 3. The molecule has 0 saturated heterocycles. The first kappa shape index (κ1) is 24.1. The standard InChI is InChI=1S/C29H26N4O4S/c1-18-7-5-8-19(2)27(18)25-15-26-31-29(30-25)32-38(35,36)24-12-6-11-21(14-24)28(34)33-16-22-10-4-3-9-20(22)13-23(33)17-37-26/h3-12,14-15,23H,13,16-17H2,1-2H3,(H,30,31,32)/t23-/m0/s1. The van der Waals surface area contributed by atoms with E-state index < -0.39 is 10.0 Å². The molecule has 2 aliphatic heterocycles. The van der Waals surface area contributed by atoms with Crippen LogP contribution in [0.5, 0.6) is 5.88 Å². The number of nitrogens with one attached hydrogen (secondary N) is 1. The number of aryl methyl sites for hydroxylation is 2. The number of hydrogen-bond donors (Lipinski definition) is 1. The molecular weight excluding hydrogens is 500 g/mol. The lowest BCUT2D eigenvalue weighted by Crippen LogP contribution is -2.47. The summed E-state index contributed by atoms with van der Waals surface area (Å²) in [4.78, 5) is 24.4. The number of carbonyl (C=O) groups is 1. The number of sulfonamides is 1. The van der Waals surface area contributed by atoms with Crippen molar-refractivity contribution in [2.24, 2.45) is 0 Å². The molecule has 2 aliphatic rings. The molecule has 1 N–H and O–H groups in total. The fourth-order valence-corrected chi connectivity index (χ4v) is 6.18. The van der Waals surface area contributed by atoms with Gasteiger partial charge in [0, 0.05) is 23.7 Å². The van der Waals surface area contributed by atoms with Crippen molar-refractivity contribution >= 4 is 21.9 Å². The van der Waals surface area contributed by atoms with Gasteiger partial charge in [0.05, 0.1) is 16.6 Å². The lowest BCUT2D eigenvalue weighted by Gasteiger charge is -2.36. The number of hydrogen-bond acceptors (Lipinski definition) is 6. The van der Waals surface area contributed by atoms with Gasteiger partial charge in [-0.05, 0) is 60.7 Å². The molecule has 0 unspecified atom stereocenters. The number of anilines is 1. The van der Waals surface area contributed by atoms with Gasteiger partial charge in [0.1, 0.15) is 6.61 Å². The molecule has 3 heterocycles. The zero-order valence-corrected chi connectivity index (χ0v) is 21.8. The van der Waals surface area contributed by atoms with Gasteiger partial charge in [-0.1, -0.05) is 48.5 Å². The van der Waals surface area contributed by atoms with Crippen LogP contribution in [-0.4, -0.2) is 41.8 Å². The van der Waals surface area contributed by atoms with Crippen LogP contribution in [0.15, 0.2) is 77.7 Å². The van der Waals surface area contributed by atoms with E-state index in [1.165, 1.54) is 12.1 Å². The van der Waals surface area contributed by atoms with Crippen LogP contribution < -0.4 is 9.46 Å². The van der Waals surface area contributed by atoms with E-state index in [9.17, 15) is 13.2 Å². The third kappa shape index (κ3) is 4.39. The van der Waals surface area contributed by atoms with Crippen molar-refractivity contribution in [3.05, 3.63) is 101 Å². The number of amides is 1.